The van der Waals surface area contributed by atoms with Crippen molar-refractivity contribution in [3.05, 3.63) is 53.7 Å². The molecule has 4 nitrogen and oxygen atoms in total. The van der Waals surface area contributed by atoms with Crippen LogP contribution in [0.2, 0.25) is 0 Å². The van der Waals surface area contributed by atoms with Crippen LogP contribution in [0.3, 0.4) is 0 Å². The van der Waals surface area contributed by atoms with Gasteiger partial charge in [-0.1, -0.05) is 12.1 Å². The van der Waals surface area contributed by atoms with Gasteiger partial charge in [0.15, 0.2) is 0 Å². The van der Waals surface area contributed by atoms with Gasteiger partial charge in [-0.15, -0.1) is 11.8 Å². The molecule has 0 spiro atoms. The molecule has 2 rings (SSSR count). The zero-order valence-electron chi connectivity index (χ0n) is 11.5. The lowest BCUT2D eigenvalue weighted by atomic mass is 10.2. The van der Waals surface area contributed by atoms with Crippen molar-refractivity contribution in [2.75, 3.05) is 18.2 Å². The summed E-state index contributed by atoms with van der Waals surface area (Å²) in [5.41, 5.74) is 6.97. The zero-order valence-corrected chi connectivity index (χ0v) is 12.4. The summed E-state index contributed by atoms with van der Waals surface area (Å²) in [6.07, 6.45) is 3.71. The van der Waals surface area contributed by atoms with Gasteiger partial charge in [-0.2, -0.15) is 0 Å². The van der Waals surface area contributed by atoms with Gasteiger partial charge < -0.3 is 10.6 Å². The minimum Gasteiger partial charge on any atom is -0.365 e. The molecule has 104 valence electrons. The molecule has 2 N–H and O–H groups in total. The van der Waals surface area contributed by atoms with Crippen LogP contribution < -0.4 is 10.6 Å². The van der Waals surface area contributed by atoms with Crippen molar-refractivity contribution < 1.29 is 4.79 Å². The molecule has 0 atom stereocenters. The first kappa shape index (κ1) is 14.4. The Labute approximate surface area is 123 Å². The van der Waals surface area contributed by atoms with Gasteiger partial charge in [-0.3, -0.25) is 4.79 Å². The Bertz CT molecular complexity index is 598. The Morgan fingerprint density at radius 3 is 2.60 bits per heavy atom. The van der Waals surface area contributed by atoms with Crippen LogP contribution in [0.5, 0.6) is 0 Å². The van der Waals surface area contributed by atoms with E-state index in [0.717, 1.165) is 5.56 Å². The zero-order chi connectivity index (χ0) is 14.5. The Morgan fingerprint density at radius 2 is 2.00 bits per heavy atom. The lowest BCUT2D eigenvalue weighted by Gasteiger charge is -2.20. The van der Waals surface area contributed by atoms with Crippen LogP contribution in [0.25, 0.3) is 0 Å². The van der Waals surface area contributed by atoms with Crippen molar-refractivity contribution in [3.63, 3.8) is 0 Å². The van der Waals surface area contributed by atoms with Gasteiger partial charge in [-0.25, -0.2) is 4.98 Å². The molecule has 2 aromatic rings. The molecule has 5 heteroatoms. The molecule has 0 saturated carbocycles. The molecular formula is C15H17N3OS. The number of pyridine rings is 1. The maximum absolute atomic E-state index is 11.4. The van der Waals surface area contributed by atoms with Crippen LogP contribution in [0, 0.1) is 0 Å². The topological polar surface area (TPSA) is 59.2 Å². The van der Waals surface area contributed by atoms with Crippen LogP contribution in [0.1, 0.15) is 15.9 Å². The molecule has 0 aliphatic rings. The minimum atomic E-state index is -0.460. The normalized spacial score (nSPS) is 10.3. The third-order valence-electron chi connectivity index (χ3n) is 2.99. The van der Waals surface area contributed by atoms with Crippen molar-refractivity contribution in [2.24, 2.45) is 5.73 Å². The average molecular weight is 287 g/mol. The van der Waals surface area contributed by atoms with Crippen LogP contribution in [0.15, 0.2) is 47.5 Å². The number of amides is 1. The Balaban J connectivity index is 2.19. The Hall–Kier alpha value is -2.01. The molecule has 1 heterocycles. The molecule has 0 fully saturated rings. The first-order valence-electron chi connectivity index (χ1n) is 6.20. The van der Waals surface area contributed by atoms with Crippen molar-refractivity contribution >= 4 is 23.5 Å². The molecule has 0 radical (unpaired) electrons. The summed E-state index contributed by atoms with van der Waals surface area (Å²) in [6, 6.07) is 11.7. The third-order valence-corrected chi connectivity index (χ3v) is 3.74. The fourth-order valence-electron chi connectivity index (χ4n) is 1.97. The quantitative estimate of drug-likeness (QED) is 0.859. The molecule has 0 bridgehead atoms. The smallest absolute Gasteiger partial charge is 0.252 e. The van der Waals surface area contributed by atoms with Gasteiger partial charge in [0.2, 0.25) is 0 Å². The van der Waals surface area contributed by atoms with Crippen LogP contribution in [0.4, 0.5) is 5.82 Å². The summed E-state index contributed by atoms with van der Waals surface area (Å²) in [4.78, 5) is 18.8. The number of thioether (sulfide) groups is 1. The number of carbonyl (C=O) groups excluding carboxylic acids is 1. The molecule has 0 aliphatic heterocycles. The van der Waals surface area contributed by atoms with Gasteiger partial charge in [-0.05, 0) is 36.1 Å². The van der Waals surface area contributed by atoms with Crippen molar-refractivity contribution in [2.45, 2.75) is 11.4 Å². The Kier molecular flexibility index (Phi) is 4.63. The number of carbonyl (C=O) groups is 1. The van der Waals surface area contributed by atoms with Crippen LogP contribution >= 0.6 is 11.8 Å². The fraction of sp³-hybridized carbons (Fsp3) is 0.200. The average Bonchev–Trinajstić information content (AvgIpc) is 2.48. The highest BCUT2D eigenvalue weighted by molar-refractivity contribution is 7.98. The van der Waals surface area contributed by atoms with Crippen LogP contribution in [-0.2, 0) is 6.54 Å². The molecule has 0 saturated heterocycles. The number of benzene rings is 1. The predicted octanol–water partition coefficient (Wildman–Crippen LogP) is 2.54. The van der Waals surface area contributed by atoms with Crippen molar-refractivity contribution in [1.29, 1.82) is 0 Å². The van der Waals surface area contributed by atoms with Gasteiger partial charge in [0.1, 0.15) is 5.82 Å². The van der Waals surface area contributed by atoms with E-state index in [1.165, 1.54) is 4.90 Å². The second kappa shape index (κ2) is 6.43. The molecule has 1 aromatic carbocycles. The van der Waals surface area contributed by atoms with E-state index in [9.17, 15) is 4.79 Å². The fourth-order valence-corrected chi connectivity index (χ4v) is 2.38. The summed E-state index contributed by atoms with van der Waals surface area (Å²) in [5, 5.41) is 0. The highest BCUT2D eigenvalue weighted by Gasteiger charge is 2.12. The van der Waals surface area contributed by atoms with E-state index < -0.39 is 5.91 Å². The first-order chi connectivity index (χ1) is 9.61. The Morgan fingerprint density at radius 1 is 1.30 bits per heavy atom. The standard InChI is InChI=1S/C15H17N3OS/c1-18(10-11-5-7-12(20-2)8-6-11)15-13(14(16)19)4-3-9-17-15/h3-9H,10H2,1-2H3,(H2,16,19). The summed E-state index contributed by atoms with van der Waals surface area (Å²) >= 11 is 1.71. The highest BCUT2D eigenvalue weighted by atomic mass is 32.2. The van der Waals surface area contributed by atoms with Gasteiger partial charge in [0.05, 0.1) is 5.56 Å². The number of anilines is 1. The number of nitrogens with two attached hydrogens (primary N) is 1. The summed E-state index contributed by atoms with van der Waals surface area (Å²) in [7, 11) is 1.90. The van der Waals surface area contributed by atoms with Gasteiger partial charge in [0, 0.05) is 24.7 Å². The number of hydrogen-bond acceptors (Lipinski definition) is 4. The van der Waals surface area contributed by atoms with Gasteiger partial charge in [0.25, 0.3) is 5.91 Å². The number of nitrogens with zero attached hydrogens (tertiary/aromatic N) is 2. The second-order valence-corrected chi connectivity index (χ2v) is 5.32. The molecular weight excluding hydrogens is 270 g/mol. The minimum absolute atomic E-state index is 0.440. The van der Waals surface area contributed by atoms with E-state index in [2.05, 4.69) is 29.2 Å². The highest BCUT2D eigenvalue weighted by Crippen LogP contribution is 2.19. The maximum atomic E-state index is 11.4. The van der Waals surface area contributed by atoms with Crippen molar-refractivity contribution in [3.8, 4) is 0 Å². The molecule has 0 aliphatic carbocycles. The number of primary amides is 1. The monoisotopic (exact) mass is 287 g/mol. The summed E-state index contributed by atoms with van der Waals surface area (Å²) < 4.78 is 0. The van der Waals surface area contributed by atoms with E-state index in [1.54, 1.807) is 30.1 Å². The second-order valence-electron chi connectivity index (χ2n) is 4.44. The maximum Gasteiger partial charge on any atom is 0.252 e. The summed E-state index contributed by atoms with van der Waals surface area (Å²) in [5.74, 6) is 0.145. The lowest BCUT2D eigenvalue weighted by Crippen LogP contribution is -2.23. The van der Waals surface area contributed by atoms with E-state index in [1.807, 2.05) is 18.2 Å². The third kappa shape index (κ3) is 3.30. The van der Waals surface area contributed by atoms with E-state index in [0.29, 0.717) is 17.9 Å². The van der Waals surface area contributed by atoms with E-state index >= 15 is 0 Å². The number of aromatic nitrogens is 1. The molecule has 20 heavy (non-hydrogen) atoms. The largest absolute Gasteiger partial charge is 0.365 e. The molecule has 1 amide bonds. The predicted molar refractivity (Wildman–Crippen MR) is 83.1 cm³/mol. The van der Waals surface area contributed by atoms with Crippen molar-refractivity contribution in [1.82, 2.24) is 4.98 Å². The SMILES string of the molecule is CSc1ccc(CN(C)c2ncccc2C(N)=O)cc1. The molecule has 1 aromatic heterocycles. The first-order valence-corrected chi connectivity index (χ1v) is 7.43. The number of rotatable bonds is 5. The van der Waals surface area contributed by atoms with Gasteiger partial charge >= 0.3 is 0 Å². The van der Waals surface area contributed by atoms with E-state index in [-0.39, 0.29) is 0 Å². The lowest BCUT2D eigenvalue weighted by molar-refractivity contribution is 0.100. The van der Waals surface area contributed by atoms with Crippen LogP contribution in [-0.4, -0.2) is 24.2 Å². The molecule has 0 unspecified atom stereocenters. The van der Waals surface area contributed by atoms with E-state index in [4.69, 9.17) is 5.73 Å². The summed E-state index contributed by atoms with van der Waals surface area (Å²) in [6.45, 7) is 0.673. The number of hydrogen-bond donors (Lipinski definition) is 1.